The van der Waals surface area contributed by atoms with Gasteiger partial charge in [0.05, 0.1) is 0 Å². The molecule has 1 atom stereocenters. The van der Waals surface area contributed by atoms with E-state index in [1.165, 1.54) is 12.8 Å². The van der Waals surface area contributed by atoms with Gasteiger partial charge in [-0.05, 0) is 43.5 Å². The maximum absolute atomic E-state index is 11.1. The van der Waals surface area contributed by atoms with E-state index >= 15 is 0 Å². The molecule has 0 aromatic heterocycles. The fourth-order valence-electron chi connectivity index (χ4n) is 2.86. The molecule has 2 rings (SSSR count). The average Bonchev–Trinajstić information content (AvgIpc) is 2.43. The van der Waals surface area contributed by atoms with Crippen molar-refractivity contribution in [2.75, 3.05) is 18.9 Å². The first-order valence-corrected chi connectivity index (χ1v) is 7.15. The topological polar surface area (TPSA) is 92.6 Å². The molecule has 0 spiro atoms. The molecule has 0 aliphatic carbocycles. The Balaban J connectivity index is 2.09. The molecular weight excluding hydrogens is 254 g/mol. The molecule has 1 aliphatic heterocycles. The third-order valence-corrected chi connectivity index (χ3v) is 4.02. The number of anilines is 1. The molecule has 1 amide bonds. The Morgan fingerprint density at radius 1 is 1.40 bits per heavy atom. The van der Waals surface area contributed by atoms with Gasteiger partial charge < -0.3 is 16.6 Å². The van der Waals surface area contributed by atoms with Crippen molar-refractivity contribution in [3.63, 3.8) is 0 Å². The fourth-order valence-corrected chi connectivity index (χ4v) is 2.86. The highest BCUT2D eigenvalue weighted by Crippen LogP contribution is 2.24. The van der Waals surface area contributed by atoms with Gasteiger partial charge in [-0.1, -0.05) is 12.5 Å². The number of carbonyl (C=O) groups excluding carboxylic acids is 1. The number of aliphatic hydroxyl groups is 1. The van der Waals surface area contributed by atoms with Crippen molar-refractivity contribution >= 4 is 11.6 Å². The van der Waals surface area contributed by atoms with E-state index in [1.807, 2.05) is 6.07 Å². The van der Waals surface area contributed by atoms with Crippen LogP contribution in [-0.4, -0.2) is 35.1 Å². The maximum atomic E-state index is 11.1. The van der Waals surface area contributed by atoms with Gasteiger partial charge in [-0.3, -0.25) is 9.69 Å². The molecule has 1 heterocycles. The van der Waals surface area contributed by atoms with E-state index in [0.29, 0.717) is 17.3 Å². The van der Waals surface area contributed by atoms with Gasteiger partial charge in [0, 0.05) is 30.4 Å². The SMILES string of the molecule is NC(=O)c1ccc(CN2CCCCC2CCO)c(N)c1. The van der Waals surface area contributed by atoms with Crippen molar-refractivity contribution in [1.29, 1.82) is 0 Å². The lowest BCUT2D eigenvalue weighted by molar-refractivity contribution is 0.1000. The van der Waals surface area contributed by atoms with Crippen LogP contribution in [0, 0.1) is 0 Å². The maximum Gasteiger partial charge on any atom is 0.248 e. The number of primary amides is 1. The van der Waals surface area contributed by atoms with Crippen LogP contribution in [0.15, 0.2) is 18.2 Å². The van der Waals surface area contributed by atoms with Crippen molar-refractivity contribution in [2.45, 2.75) is 38.3 Å². The lowest BCUT2D eigenvalue weighted by atomic mass is 9.98. The highest BCUT2D eigenvalue weighted by molar-refractivity contribution is 5.93. The predicted molar refractivity (Wildman–Crippen MR) is 79.1 cm³/mol. The first kappa shape index (κ1) is 14.8. The highest BCUT2D eigenvalue weighted by Gasteiger charge is 2.22. The van der Waals surface area contributed by atoms with E-state index in [1.54, 1.807) is 12.1 Å². The number of rotatable bonds is 5. The summed E-state index contributed by atoms with van der Waals surface area (Å²) in [4.78, 5) is 13.5. The number of nitrogens with zero attached hydrogens (tertiary/aromatic N) is 1. The van der Waals surface area contributed by atoms with Crippen LogP contribution in [0.2, 0.25) is 0 Å². The second-order valence-corrected chi connectivity index (χ2v) is 5.41. The Labute approximate surface area is 119 Å². The zero-order valence-corrected chi connectivity index (χ0v) is 11.7. The van der Waals surface area contributed by atoms with Crippen LogP contribution in [0.3, 0.4) is 0 Å². The highest BCUT2D eigenvalue weighted by atomic mass is 16.3. The molecule has 0 saturated carbocycles. The van der Waals surface area contributed by atoms with E-state index in [4.69, 9.17) is 16.6 Å². The quantitative estimate of drug-likeness (QED) is 0.703. The predicted octanol–water partition coefficient (Wildman–Crippen LogP) is 1.10. The second kappa shape index (κ2) is 6.72. The van der Waals surface area contributed by atoms with Gasteiger partial charge in [0.25, 0.3) is 0 Å². The summed E-state index contributed by atoms with van der Waals surface area (Å²) >= 11 is 0. The summed E-state index contributed by atoms with van der Waals surface area (Å²) < 4.78 is 0. The van der Waals surface area contributed by atoms with Gasteiger partial charge in [-0.15, -0.1) is 0 Å². The Hall–Kier alpha value is -1.59. The molecule has 1 unspecified atom stereocenters. The molecule has 1 aliphatic rings. The minimum atomic E-state index is -0.459. The summed E-state index contributed by atoms with van der Waals surface area (Å²) in [7, 11) is 0. The number of carbonyl (C=O) groups is 1. The Morgan fingerprint density at radius 2 is 2.20 bits per heavy atom. The van der Waals surface area contributed by atoms with Crippen LogP contribution in [0.4, 0.5) is 5.69 Å². The standard InChI is InChI=1S/C15H23N3O2/c16-14-9-11(15(17)20)4-5-12(14)10-18-7-2-1-3-13(18)6-8-19/h4-5,9,13,19H,1-3,6-8,10,16H2,(H2,17,20). The second-order valence-electron chi connectivity index (χ2n) is 5.41. The lowest BCUT2D eigenvalue weighted by Gasteiger charge is -2.35. The van der Waals surface area contributed by atoms with Crippen LogP contribution < -0.4 is 11.5 Å². The van der Waals surface area contributed by atoms with Crippen molar-refractivity contribution in [2.24, 2.45) is 5.73 Å². The summed E-state index contributed by atoms with van der Waals surface area (Å²) in [6.45, 7) is 2.01. The third-order valence-electron chi connectivity index (χ3n) is 4.02. The molecule has 5 heteroatoms. The van der Waals surface area contributed by atoms with Gasteiger partial charge in [0.1, 0.15) is 0 Å². The normalized spacial score (nSPS) is 19.9. The summed E-state index contributed by atoms with van der Waals surface area (Å²) in [5.41, 5.74) is 13.3. The number of hydrogen-bond donors (Lipinski definition) is 3. The van der Waals surface area contributed by atoms with E-state index < -0.39 is 5.91 Å². The zero-order valence-electron chi connectivity index (χ0n) is 11.7. The number of amides is 1. The zero-order chi connectivity index (χ0) is 14.5. The summed E-state index contributed by atoms with van der Waals surface area (Å²) in [5, 5.41) is 9.15. The minimum Gasteiger partial charge on any atom is -0.398 e. The number of aliphatic hydroxyl groups excluding tert-OH is 1. The molecular formula is C15H23N3O2. The number of nitrogens with two attached hydrogens (primary N) is 2. The largest absolute Gasteiger partial charge is 0.398 e. The third kappa shape index (κ3) is 3.49. The number of piperidine rings is 1. The Morgan fingerprint density at radius 3 is 2.85 bits per heavy atom. The number of benzene rings is 1. The summed E-state index contributed by atoms with van der Waals surface area (Å²) in [6.07, 6.45) is 4.33. The first-order valence-electron chi connectivity index (χ1n) is 7.15. The molecule has 1 aromatic carbocycles. The van der Waals surface area contributed by atoms with Crippen molar-refractivity contribution in [3.8, 4) is 0 Å². The van der Waals surface area contributed by atoms with Crippen LogP contribution >= 0.6 is 0 Å². The van der Waals surface area contributed by atoms with Crippen molar-refractivity contribution in [1.82, 2.24) is 4.90 Å². The fraction of sp³-hybridized carbons (Fsp3) is 0.533. The van der Waals surface area contributed by atoms with Crippen molar-refractivity contribution in [3.05, 3.63) is 29.3 Å². The Bertz CT molecular complexity index is 474. The molecule has 110 valence electrons. The number of likely N-dealkylation sites (tertiary alicyclic amines) is 1. The van der Waals surface area contributed by atoms with E-state index in [9.17, 15) is 4.79 Å². The minimum absolute atomic E-state index is 0.220. The smallest absolute Gasteiger partial charge is 0.248 e. The number of hydrogen-bond acceptors (Lipinski definition) is 4. The van der Waals surface area contributed by atoms with Gasteiger partial charge >= 0.3 is 0 Å². The monoisotopic (exact) mass is 277 g/mol. The summed E-state index contributed by atoms with van der Waals surface area (Å²) in [6, 6.07) is 5.66. The van der Waals surface area contributed by atoms with Crippen molar-refractivity contribution < 1.29 is 9.90 Å². The van der Waals surface area contributed by atoms with Gasteiger partial charge in [0.15, 0.2) is 0 Å². The van der Waals surface area contributed by atoms with Gasteiger partial charge in [-0.25, -0.2) is 0 Å². The summed E-state index contributed by atoms with van der Waals surface area (Å²) in [5.74, 6) is -0.459. The van der Waals surface area contributed by atoms with E-state index in [0.717, 1.165) is 31.5 Å². The van der Waals surface area contributed by atoms with Crippen LogP contribution in [0.5, 0.6) is 0 Å². The molecule has 1 saturated heterocycles. The average molecular weight is 277 g/mol. The molecule has 1 aromatic rings. The molecule has 0 radical (unpaired) electrons. The lowest BCUT2D eigenvalue weighted by Crippen LogP contribution is -2.39. The van der Waals surface area contributed by atoms with Crippen LogP contribution in [-0.2, 0) is 6.54 Å². The first-order chi connectivity index (χ1) is 9.61. The van der Waals surface area contributed by atoms with Gasteiger partial charge in [-0.2, -0.15) is 0 Å². The molecule has 5 nitrogen and oxygen atoms in total. The van der Waals surface area contributed by atoms with Gasteiger partial charge in [0.2, 0.25) is 5.91 Å². The number of nitrogen functional groups attached to an aromatic ring is 1. The molecule has 1 fully saturated rings. The van der Waals surface area contributed by atoms with Crippen LogP contribution in [0.1, 0.15) is 41.6 Å². The molecule has 0 bridgehead atoms. The van der Waals surface area contributed by atoms with E-state index in [2.05, 4.69) is 4.90 Å². The van der Waals surface area contributed by atoms with Crippen LogP contribution in [0.25, 0.3) is 0 Å². The molecule has 20 heavy (non-hydrogen) atoms. The Kier molecular flexibility index (Phi) is 4.98. The van der Waals surface area contributed by atoms with E-state index in [-0.39, 0.29) is 6.61 Å². The molecule has 5 N–H and O–H groups in total.